The predicted molar refractivity (Wildman–Crippen MR) is 111 cm³/mol. The number of benzene rings is 1. The van der Waals surface area contributed by atoms with Crippen LogP contribution in [0.2, 0.25) is 5.02 Å². The van der Waals surface area contributed by atoms with E-state index < -0.39 is 0 Å². The molecular formula is C22H31ClN2O2. The van der Waals surface area contributed by atoms with Gasteiger partial charge in [-0.15, -0.1) is 0 Å². The van der Waals surface area contributed by atoms with Gasteiger partial charge in [0.25, 0.3) is 5.91 Å². The average Bonchev–Trinajstić information content (AvgIpc) is 2.93. The Morgan fingerprint density at radius 3 is 2.52 bits per heavy atom. The molecule has 4 nitrogen and oxygen atoms in total. The van der Waals surface area contributed by atoms with Gasteiger partial charge in [0, 0.05) is 10.7 Å². The van der Waals surface area contributed by atoms with E-state index >= 15 is 0 Å². The number of hydrogen-bond acceptors (Lipinski definition) is 3. The summed E-state index contributed by atoms with van der Waals surface area (Å²) in [6, 6.07) is 5.38. The van der Waals surface area contributed by atoms with Crippen LogP contribution in [0.1, 0.15) is 72.8 Å². The highest BCUT2D eigenvalue weighted by Crippen LogP contribution is 2.21. The highest BCUT2D eigenvalue weighted by molar-refractivity contribution is 6.31. The third-order valence-electron chi connectivity index (χ3n) is 4.95. The summed E-state index contributed by atoms with van der Waals surface area (Å²) < 4.78 is 7.12. The molecule has 0 radical (unpaired) electrons. The number of carbonyl (C=O) groups is 1. The largest absolute Gasteiger partial charge is 0.484 e. The van der Waals surface area contributed by atoms with E-state index in [-0.39, 0.29) is 12.5 Å². The van der Waals surface area contributed by atoms with Crippen molar-refractivity contribution in [3.63, 3.8) is 0 Å². The normalized spacial score (nSPS) is 11.0. The molecule has 0 spiro atoms. The Bertz CT molecular complexity index is 768. The Balaban J connectivity index is 1.91. The van der Waals surface area contributed by atoms with E-state index in [1.54, 1.807) is 12.1 Å². The van der Waals surface area contributed by atoms with E-state index in [1.807, 2.05) is 26.8 Å². The summed E-state index contributed by atoms with van der Waals surface area (Å²) in [6.45, 7) is 8.05. The molecule has 2 rings (SSSR count). The molecule has 1 heterocycles. The van der Waals surface area contributed by atoms with Gasteiger partial charge in [0.05, 0.1) is 5.69 Å². The lowest BCUT2D eigenvalue weighted by atomic mass is 10.0. The van der Waals surface area contributed by atoms with Crippen LogP contribution < -0.4 is 4.74 Å². The number of carbonyl (C=O) groups excluding carboxylic acids is 1. The van der Waals surface area contributed by atoms with Crippen molar-refractivity contribution >= 4 is 17.5 Å². The van der Waals surface area contributed by atoms with Gasteiger partial charge < -0.3 is 4.74 Å². The van der Waals surface area contributed by atoms with Gasteiger partial charge in [0.15, 0.2) is 6.61 Å². The number of aromatic nitrogens is 2. The molecule has 0 fully saturated rings. The molecule has 0 bridgehead atoms. The van der Waals surface area contributed by atoms with Crippen molar-refractivity contribution < 1.29 is 9.53 Å². The third-order valence-corrected chi connectivity index (χ3v) is 5.37. The average molecular weight is 391 g/mol. The van der Waals surface area contributed by atoms with Gasteiger partial charge in [-0.3, -0.25) is 4.79 Å². The second-order valence-electron chi connectivity index (χ2n) is 7.17. The van der Waals surface area contributed by atoms with Crippen molar-refractivity contribution in [1.29, 1.82) is 0 Å². The van der Waals surface area contributed by atoms with Crippen molar-refractivity contribution in [2.75, 3.05) is 6.61 Å². The number of aryl methyl sites for hydroxylation is 2. The van der Waals surface area contributed by atoms with Crippen LogP contribution >= 0.6 is 11.6 Å². The van der Waals surface area contributed by atoms with Gasteiger partial charge in [0.2, 0.25) is 0 Å². The number of ether oxygens (including phenoxy) is 1. The molecule has 0 unspecified atom stereocenters. The number of rotatable bonds is 10. The minimum absolute atomic E-state index is 0.0422. The van der Waals surface area contributed by atoms with Crippen molar-refractivity contribution in [3.05, 3.63) is 45.7 Å². The summed E-state index contributed by atoms with van der Waals surface area (Å²) in [7, 11) is 0. The van der Waals surface area contributed by atoms with Crippen LogP contribution in [0.15, 0.2) is 18.2 Å². The Kier molecular flexibility index (Phi) is 8.36. The number of hydrogen-bond donors (Lipinski definition) is 0. The standard InChI is InChI=1S/C22H31ClN2O2/c1-5-6-7-8-9-10-11-20-17(3)24-25(18(20)4)22(26)15-27-19-12-13-21(23)16(2)14-19/h12-14H,5-11,15H2,1-4H3. The second-order valence-corrected chi connectivity index (χ2v) is 7.58. The minimum Gasteiger partial charge on any atom is -0.484 e. The first-order valence-electron chi connectivity index (χ1n) is 9.91. The lowest BCUT2D eigenvalue weighted by molar-refractivity contribution is 0.0818. The fourth-order valence-corrected chi connectivity index (χ4v) is 3.39. The number of unbranched alkanes of at least 4 members (excludes halogenated alkanes) is 5. The maximum Gasteiger partial charge on any atom is 0.284 e. The van der Waals surface area contributed by atoms with Crippen LogP contribution in [-0.4, -0.2) is 22.3 Å². The summed E-state index contributed by atoms with van der Waals surface area (Å²) in [5.41, 5.74) is 3.99. The molecule has 0 saturated carbocycles. The maximum absolute atomic E-state index is 12.6. The van der Waals surface area contributed by atoms with Crippen LogP contribution in [-0.2, 0) is 6.42 Å². The Hall–Kier alpha value is -1.81. The molecule has 1 aromatic heterocycles. The highest BCUT2D eigenvalue weighted by Gasteiger charge is 2.17. The molecule has 2 aromatic rings. The van der Waals surface area contributed by atoms with E-state index in [2.05, 4.69) is 12.0 Å². The molecule has 0 aliphatic rings. The first-order valence-corrected chi connectivity index (χ1v) is 10.3. The minimum atomic E-state index is -0.155. The Labute approximate surface area is 167 Å². The topological polar surface area (TPSA) is 44.1 Å². The zero-order valence-electron chi connectivity index (χ0n) is 17.0. The molecule has 0 amide bonds. The summed E-state index contributed by atoms with van der Waals surface area (Å²) in [4.78, 5) is 12.6. The molecule has 0 N–H and O–H groups in total. The quantitative estimate of drug-likeness (QED) is 0.461. The van der Waals surface area contributed by atoms with Gasteiger partial charge in [-0.2, -0.15) is 5.10 Å². The Morgan fingerprint density at radius 1 is 1.11 bits per heavy atom. The third kappa shape index (κ3) is 6.10. The SMILES string of the molecule is CCCCCCCCc1c(C)nn(C(=O)COc2ccc(Cl)c(C)c2)c1C. The van der Waals surface area contributed by atoms with Crippen LogP contribution in [0.25, 0.3) is 0 Å². The zero-order chi connectivity index (χ0) is 19.8. The monoisotopic (exact) mass is 390 g/mol. The van der Waals surface area contributed by atoms with Crippen LogP contribution in [0.5, 0.6) is 5.75 Å². The molecule has 0 aliphatic carbocycles. The zero-order valence-corrected chi connectivity index (χ0v) is 17.7. The molecule has 5 heteroatoms. The lowest BCUT2D eigenvalue weighted by Gasteiger charge is -2.08. The van der Waals surface area contributed by atoms with Crippen molar-refractivity contribution in [1.82, 2.24) is 9.78 Å². The van der Waals surface area contributed by atoms with Gasteiger partial charge in [-0.05, 0) is 62.9 Å². The molecule has 27 heavy (non-hydrogen) atoms. The number of nitrogens with zero attached hydrogens (tertiary/aromatic N) is 2. The molecule has 148 valence electrons. The molecular weight excluding hydrogens is 360 g/mol. The van der Waals surface area contributed by atoms with Crippen molar-refractivity contribution in [2.24, 2.45) is 0 Å². The second kappa shape index (κ2) is 10.5. The Morgan fingerprint density at radius 2 is 1.81 bits per heavy atom. The predicted octanol–water partition coefficient (Wildman–Crippen LogP) is 6.08. The van der Waals surface area contributed by atoms with Crippen LogP contribution in [0.3, 0.4) is 0 Å². The fourth-order valence-electron chi connectivity index (χ4n) is 3.27. The van der Waals surface area contributed by atoms with Gasteiger partial charge in [-0.1, -0.05) is 50.6 Å². The molecule has 0 saturated heterocycles. The van der Waals surface area contributed by atoms with E-state index in [0.29, 0.717) is 10.8 Å². The van der Waals surface area contributed by atoms with E-state index in [9.17, 15) is 4.79 Å². The number of halogens is 1. The smallest absolute Gasteiger partial charge is 0.284 e. The molecule has 0 atom stereocenters. The van der Waals surface area contributed by atoms with Gasteiger partial charge in [0.1, 0.15) is 5.75 Å². The lowest BCUT2D eigenvalue weighted by Crippen LogP contribution is -2.21. The van der Waals surface area contributed by atoms with Crippen molar-refractivity contribution in [3.8, 4) is 5.75 Å². The van der Waals surface area contributed by atoms with Crippen LogP contribution in [0.4, 0.5) is 0 Å². The van der Waals surface area contributed by atoms with E-state index in [4.69, 9.17) is 16.3 Å². The molecule has 1 aromatic carbocycles. The molecule has 0 aliphatic heterocycles. The summed E-state index contributed by atoms with van der Waals surface area (Å²) >= 11 is 6.02. The maximum atomic E-state index is 12.6. The first-order chi connectivity index (χ1) is 12.9. The summed E-state index contributed by atoms with van der Waals surface area (Å²) in [5, 5.41) is 5.14. The summed E-state index contributed by atoms with van der Waals surface area (Å²) in [5.74, 6) is 0.483. The fraction of sp³-hybridized carbons (Fsp3) is 0.545. The highest BCUT2D eigenvalue weighted by atomic mass is 35.5. The van der Waals surface area contributed by atoms with Crippen molar-refractivity contribution in [2.45, 2.75) is 72.6 Å². The van der Waals surface area contributed by atoms with Gasteiger partial charge in [-0.25, -0.2) is 4.68 Å². The first kappa shape index (κ1) is 21.5. The van der Waals surface area contributed by atoms with E-state index in [0.717, 1.165) is 29.8 Å². The van der Waals surface area contributed by atoms with E-state index in [1.165, 1.54) is 42.3 Å². The van der Waals surface area contributed by atoms with Crippen LogP contribution in [0, 0.1) is 20.8 Å². The summed E-state index contributed by atoms with van der Waals surface area (Å²) in [6.07, 6.45) is 8.54. The van der Waals surface area contributed by atoms with Gasteiger partial charge >= 0.3 is 0 Å².